The van der Waals surface area contributed by atoms with E-state index in [4.69, 9.17) is 11.5 Å². The fourth-order valence-electron chi connectivity index (χ4n) is 2.55. The highest BCUT2D eigenvalue weighted by Gasteiger charge is 2.36. The van der Waals surface area contributed by atoms with Crippen molar-refractivity contribution in [3.63, 3.8) is 0 Å². The maximum atomic E-state index is 14.1. The van der Waals surface area contributed by atoms with Crippen LogP contribution in [-0.2, 0) is 6.18 Å². The topological polar surface area (TPSA) is 70.5 Å². The quantitative estimate of drug-likeness (QED) is 0.183. The van der Waals surface area contributed by atoms with Gasteiger partial charge in [0.2, 0.25) is 34.8 Å². The second-order valence-corrected chi connectivity index (χ2v) is 6.36. The smallest absolute Gasteiger partial charge is 0.419 e. The molecule has 3 rings (SSSR count). The van der Waals surface area contributed by atoms with Gasteiger partial charge in [-0.1, -0.05) is 0 Å². The number of hydrogen-bond donors (Lipinski definition) is 2. The molecule has 0 bridgehead atoms. The molecule has 182 valence electrons. The first-order valence-corrected chi connectivity index (χ1v) is 8.46. The standard InChI is InChI=1S/C19H7F11N2O2/c20-7-9(22)15(31)13(26)17(11(7)24)33-4-1-2-5(19(28,29)30)6(3-4)34-18-12(25)8(21)10(23)16(32)14(18)27/h1-3H,31-32H2. The molecule has 4 nitrogen and oxygen atoms in total. The van der Waals surface area contributed by atoms with Gasteiger partial charge in [-0.15, -0.1) is 0 Å². The lowest BCUT2D eigenvalue weighted by Crippen LogP contribution is -2.10. The Kier molecular flexibility index (Phi) is 6.15. The molecule has 0 aromatic heterocycles. The van der Waals surface area contributed by atoms with Crippen LogP contribution in [0.5, 0.6) is 23.0 Å². The van der Waals surface area contributed by atoms with Gasteiger partial charge in [0.1, 0.15) is 22.9 Å². The number of hydrogen-bond acceptors (Lipinski definition) is 4. The number of nitrogen functional groups attached to an aromatic ring is 2. The lowest BCUT2D eigenvalue weighted by molar-refractivity contribution is -0.138. The Hall–Kier alpha value is -3.91. The van der Waals surface area contributed by atoms with Gasteiger partial charge in [-0.2, -0.15) is 22.0 Å². The van der Waals surface area contributed by atoms with E-state index in [1.54, 1.807) is 0 Å². The van der Waals surface area contributed by atoms with E-state index < -0.39 is 92.7 Å². The summed E-state index contributed by atoms with van der Waals surface area (Å²) in [4.78, 5) is 0. The summed E-state index contributed by atoms with van der Waals surface area (Å²) in [6.45, 7) is 0. The Morgan fingerprint density at radius 1 is 0.559 bits per heavy atom. The van der Waals surface area contributed by atoms with Crippen LogP contribution in [0.4, 0.5) is 59.7 Å². The van der Waals surface area contributed by atoms with Gasteiger partial charge < -0.3 is 20.9 Å². The molecule has 0 unspecified atom stereocenters. The van der Waals surface area contributed by atoms with E-state index in [0.29, 0.717) is 6.07 Å². The summed E-state index contributed by atoms with van der Waals surface area (Å²) in [5.41, 5.74) is 4.88. The molecule has 0 spiro atoms. The number of ether oxygens (including phenoxy) is 2. The monoisotopic (exact) mass is 504 g/mol. The van der Waals surface area contributed by atoms with Gasteiger partial charge in [-0.3, -0.25) is 0 Å². The molecule has 34 heavy (non-hydrogen) atoms. The van der Waals surface area contributed by atoms with Gasteiger partial charge in [-0.05, 0) is 12.1 Å². The summed E-state index contributed by atoms with van der Waals surface area (Å²) in [5, 5.41) is 0. The molecule has 0 aliphatic rings. The maximum Gasteiger partial charge on any atom is 0.419 e. The molecule has 0 saturated carbocycles. The third kappa shape index (κ3) is 4.08. The fraction of sp³-hybridized carbons (Fsp3) is 0.0526. The van der Waals surface area contributed by atoms with Crippen LogP contribution in [0.2, 0.25) is 0 Å². The SMILES string of the molecule is Nc1c(F)c(F)c(F)c(Oc2ccc(C(F)(F)F)c(Oc3c(F)c(N)c(F)c(F)c3F)c2)c1F. The first kappa shape index (κ1) is 24.7. The van der Waals surface area contributed by atoms with Gasteiger partial charge in [0.05, 0.1) is 5.56 Å². The predicted octanol–water partition coefficient (Wildman–Crippen LogP) is 6.57. The maximum absolute atomic E-state index is 14.1. The molecule has 0 aliphatic carbocycles. The lowest BCUT2D eigenvalue weighted by Gasteiger charge is -2.17. The van der Waals surface area contributed by atoms with Crippen molar-refractivity contribution >= 4 is 11.4 Å². The number of rotatable bonds is 4. The Bertz CT molecular complexity index is 1250. The Morgan fingerprint density at radius 3 is 1.44 bits per heavy atom. The van der Waals surface area contributed by atoms with Gasteiger partial charge in [0.25, 0.3) is 0 Å². The summed E-state index contributed by atoms with van der Waals surface area (Å²) in [5.74, 6) is -23.8. The molecule has 4 N–H and O–H groups in total. The minimum absolute atomic E-state index is 0.142. The zero-order valence-electron chi connectivity index (χ0n) is 15.9. The van der Waals surface area contributed by atoms with Crippen molar-refractivity contribution in [3.05, 3.63) is 70.3 Å². The molecule has 0 radical (unpaired) electrons. The molecule has 0 aliphatic heterocycles. The summed E-state index contributed by atoms with van der Waals surface area (Å²) in [6.07, 6.45) is -5.28. The summed E-state index contributed by atoms with van der Waals surface area (Å²) in [6, 6.07) is 0.719. The second kappa shape index (κ2) is 8.46. The van der Waals surface area contributed by atoms with Crippen LogP contribution >= 0.6 is 0 Å². The van der Waals surface area contributed by atoms with E-state index >= 15 is 0 Å². The Balaban J connectivity index is 2.16. The van der Waals surface area contributed by atoms with Crippen LogP contribution in [0.1, 0.15) is 5.56 Å². The summed E-state index contributed by atoms with van der Waals surface area (Å²) >= 11 is 0. The van der Waals surface area contributed by atoms with E-state index in [0.717, 1.165) is 0 Å². The van der Waals surface area contributed by atoms with Crippen molar-refractivity contribution in [2.75, 3.05) is 11.5 Å². The van der Waals surface area contributed by atoms with Crippen LogP contribution < -0.4 is 20.9 Å². The minimum atomic E-state index is -5.28. The molecule has 0 fully saturated rings. The first-order valence-electron chi connectivity index (χ1n) is 8.46. The Morgan fingerprint density at radius 2 is 1.00 bits per heavy atom. The highest BCUT2D eigenvalue weighted by Crippen LogP contribution is 2.44. The van der Waals surface area contributed by atoms with Crippen LogP contribution in [0.15, 0.2) is 18.2 Å². The minimum Gasteiger partial charge on any atom is -0.451 e. The second-order valence-electron chi connectivity index (χ2n) is 6.36. The number of halogens is 11. The van der Waals surface area contributed by atoms with Crippen LogP contribution in [0, 0.1) is 46.5 Å². The van der Waals surface area contributed by atoms with Crippen molar-refractivity contribution < 1.29 is 57.8 Å². The van der Waals surface area contributed by atoms with Gasteiger partial charge in [-0.25, -0.2) is 26.3 Å². The first-order chi connectivity index (χ1) is 15.7. The largest absolute Gasteiger partial charge is 0.451 e. The third-order valence-corrected chi connectivity index (χ3v) is 4.20. The molecule has 0 saturated heterocycles. The van der Waals surface area contributed by atoms with Gasteiger partial charge in [0, 0.05) is 6.07 Å². The molecular formula is C19H7F11N2O2. The molecule has 0 heterocycles. The lowest BCUT2D eigenvalue weighted by atomic mass is 10.1. The highest BCUT2D eigenvalue weighted by molar-refractivity contribution is 5.54. The van der Waals surface area contributed by atoms with E-state index in [1.807, 2.05) is 0 Å². The third-order valence-electron chi connectivity index (χ3n) is 4.20. The van der Waals surface area contributed by atoms with Gasteiger partial charge >= 0.3 is 6.18 Å². The number of anilines is 2. The van der Waals surface area contributed by atoms with Crippen molar-refractivity contribution in [3.8, 4) is 23.0 Å². The van der Waals surface area contributed by atoms with Crippen molar-refractivity contribution in [2.45, 2.75) is 6.18 Å². The number of nitrogens with two attached hydrogens (primary N) is 2. The van der Waals surface area contributed by atoms with Crippen molar-refractivity contribution in [2.24, 2.45) is 0 Å². The molecule has 15 heteroatoms. The zero-order chi connectivity index (χ0) is 25.7. The van der Waals surface area contributed by atoms with E-state index in [1.165, 1.54) is 0 Å². The van der Waals surface area contributed by atoms with E-state index in [9.17, 15) is 48.3 Å². The van der Waals surface area contributed by atoms with Crippen molar-refractivity contribution in [1.29, 1.82) is 0 Å². The molecule has 0 amide bonds. The average molecular weight is 504 g/mol. The molecular weight excluding hydrogens is 497 g/mol. The van der Waals surface area contributed by atoms with Gasteiger partial charge in [0.15, 0.2) is 23.3 Å². The van der Waals surface area contributed by atoms with E-state index in [2.05, 4.69) is 9.47 Å². The van der Waals surface area contributed by atoms with Crippen LogP contribution in [0.3, 0.4) is 0 Å². The summed E-state index contributed by atoms with van der Waals surface area (Å²) < 4.78 is 159. The molecule has 3 aromatic rings. The van der Waals surface area contributed by atoms with E-state index in [-0.39, 0.29) is 12.1 Å². The number of benzene rings is 3. The predicted molar refractivity (Wildman–Crippen MR) is 93.0 cm³/mol. The molecule has 0 atom stereocenters. The van der Waals surface area contributed by atoms with Crippen LogP contribution in [0.25, 0.3) is 0 Å². The highest BCUT2D eigenvalue weighted by atomic mass is 19.4. The fourth-order valence-corrected chi connectivity index (χ4v) is 2.55. The average Bonchev–Trinajstić information content (AvgIpc) is 2.78. The zero-order valence-corrected chi connectivity index (χ0v) is 15.9. The Labute approximate surface area is 181 Å². The normalized spacial score (nSPS) is 11.6. The summed E-state index contributed by atoms with van der Waals surface area (Å²) in [7, 11) is 0. The van der Waals surface area contributed by atoms with Crippen molar-refractivity contribution in [1.82, 2.24) is 0 Å². The number of alkyl halides is 3. The van der Waals surface area contributed by atoms with Crippen LogP contribution in [-0.4, -0.2) is 0 Å². The molecule has 3 aromatic carbocycles.